The number of nitrogen functional groups attached to an aromatic ring is 1. The molecule has 5 nitrogen and oxygen atoms in total. The van der Waals surface area contributed by atoms with Crippen LogP contribution in [0.3, 0.4) is 0 Å². The zero-order valence-electron chi connectivity index (χ0n) is 11.4. The van der Waals surface area contributed by atoms with E-state index in [1.807, 2.05) is 42.3 Å². The van der Waals surface area contributed by atoms with Gasteiger partial charge in [-0.15, -0.1) is 0 Å². The lowest BCUT2D eigenvalue weighted by atomic mass is 10.2. The highest BCUT2D eigenvalue weighted by molar-refractivity contribution is 7.91. The summed E-state index contributed by atoms with van der Waals surface area (Å²) in [5.74, 6) is 0.105. The highest BCUT2D eigenvalue weighted by Crippen LogP contribution is 2.35. The Morgan fingerprint density at radius 3 is 2.55 bits per heavy atom. The number of sulfone groups is 1. The summed E-state index contributed by atoms with van der Waals surface area (Å²) in [6.07, 6.45) is 0. The maximum absolute atomic E-state index is 12.1. The van der Waals surface area contributed by atoms with Crippen LogP contribution >= 0.6 is 11.5 Å². The molecule has 0 amide bonds. The standard InChI is InChI=1S/C13H17N3O2S2/c1-3-20(17,18)11-12(14)15-19-13(11)16(2)9-10-7-5-4-6-8-10/h4-8H,3,9H2,1-2H3,(H2,14,15). The van der Waals surface area contributed by atoms with Crippen molar-refractivity contribution in [1.29, 1.82) is 0 Å². The first-order valence-electron chi connectivity index (χ1n) is 6.18. The number of hydrogen-bond donors (Lipinski definition) is 1. The van der Waals surface area contributed by atoms with Gasteiger partial charge in [-0.3, -0.25) is 0 Å². The zero-order chi connectivity index (χ0) is 14.8. The summed E-state index contributed by atoms with van der Waals surface area (Å²) in [5.41, 5.74) is 6.83. The van der Waals surface area contributed by atoms with Gasteiger partial charge in [-0.05, 0) is 17.1 Å². The van der Waals surface area contributed by atoms with Crippen LogP contribution < -0.4 is 10.6 Å². The molecule has 0 spiro atoms. The molecule has 0 unspecified atom stereocenters. The Kier molecular flexibility index (Phi) is 4.29. The average Bonchev–Trinajstić information content (AvgIpc) is 2.82. The second kappa shape index (κ2) is 5.80. The molecule has 0 radical (unpaired) electrons. The first kappa shape index (κ1) is 14.8. The number of hydrogen-bond acceptors (Lipinski definition) is 6. The molecule has 2 aromatic rings. The van der Waals surface area contributed by atoms with Gasteiger partial charge in [-0.2, -0.15) is 4.37 Å². The molecule has 0 saturated heterocycles. The van der Waals surface area contributed by atoms with E-state index in [0.29, 0.717) is 11.5 Å². The van der Waals surface area contributed by atoms with Crippen molar-refractivity contribution >= 4 is 32.2 Å². The summed E-state index contributed by atoms with van der Waals surface area (Å²) in [7, 11) is -1.53. The van der Waals surface area contributed by atoms with Crippen LogP contribution in [0.5, 0.6) is 0 Å². The van der Waals surface area contributed by atoms with Crippen molar-refractivity contribution in [2.45, 2.75) is 18.4 Å². The summed E-state index contributed by atoms with van der Waals surface area (Å²) in [6, 6.07) is 9.84. The lowest BCUT2D eigenvalue weighted by Gasteiger charge is -2.18. The third-order valence-corrected chi connectivity index (χ3v) is 5.85. The highest BCUT2D eigenvalue weighted by Gasteiger charge is 2.25. The molecule has 20 heavy (non-hydrogen) atoms. The molecule has 0 aliphatic heterocycles. The Hall–Kier alpha value is -1.60. The largest absolute Gasteiger partial charge is 0.382 e. The van der Waals surface area contributed by atoms with E-state index in [4.69, 9.17) is 5.73 Å². The molecule has 2 N–H and O–H groups in total. The fourth-order valence-corrected chi connectivity index (χ4v) is 4.19. The third kappa shape index (κ3) is 2.94. The molecule has 0 atom stereocenters. The molecule has 0 fully saturated rings. The minimum atomic E-state index is -3.37. The maximum Gasteiger partial charge on any atom is 0.184 e. The van der Waals surface area contributed by atoms with E-state index in [0.717, 1.165) is 17.1 Å². The predicted octanol–water partition coefficient (Wildman–Crippen LogP) is 2.16. The Morgan fingerprint density at radius 2 is 1.95 bits per heavy atom. The highest BCUT2D eigenvalue weighted by atomic mass is 32.2. The number of aromatic nitrogens is 1. The SMILES string of the molecule is CCS(=O)(=O)c1c(N)nsc1N(C)Cc1ccccc1. The van der Waals surface area contributed by atoms with Gasteiger partial charge in [0.05, 0.1) is 5.75 Å². The quantitative estimate of drug-likeness (QED) is 0.915. The van der Waals surface area contributed by atoms with Gasteiger partial charge in [0, 0.05) is 13.6 Å². The van der Waals surface area contributed by atoms with Gasteiger partial charge in [-0.25, -0.2) is 8.42 Å². The summed E-state index contributed by atoms with van der Waals surface area (Å²) in [4.78, 5) is 2.02. The first-order chi connectivity index (χ1) is 9.45. The Balaban J connectivity index is 2.34. The summed E-state index contributed by atoms with van der Waals surface area (Å²) < 4.78 is 28.2. The molecule has 1 aromatic carbocycles. The minimum absolute atomic E-state index is 0.0157. The van der Waals surface area contributed by atoms with Gasteiger partial charge < -0.3 is 10.6 Å². The fraction of sp³-hybridized carbons (Fsp3) is 0.308. The monoisotopic (exact) mass is 311 g/mol. The van der Waals surface area contributed by atoms with Crippen LogP contribution in [0.15, 0.2) is 35.2 Å². The van der Waals surface area contributed by atoms with Gasteiger partial charge >= 0.3 is 0 Å². The summed E-state index contributed by atoms with van der Waals surface area (Å²) >= 11 is 1.12. The van der Waals surface area contributed by atoms with Crippen molar-refractivity contribution in [3.05, 3.63) is 35.9 Å². The second-order valence-electron chi connectivity index (χ2n) is 4.45. The van der Waals surface area contributed by atoms with E-state index in [1.54, 1.807) is 6.92 Å². The van der Waals surface area contributed by atoms with Crippen molar-refractivity contribution in [1.82, 2.24) is 4.37 Å². The van der Waals surface area contributed by atoms with Gasteiger partial charge in [0.2, 0.25) is 0 Å². The number of nitrogens with zero attached hydrogens (tertiary/aromatic N) is 2. The lowest BCUT2D eigenvalue weighted by molar-refractivity contribution is 0.597. The van der Waals surface area contributed by atoms with Crippen LogP contribution in [0.25, 0.3) is 0 Å². The van der Waals surface area contributed by atoms with Gasteiger partial charge in [0.1, 0.15) is 9.90 Å². The molecule has 0 aliphatic carbocycles. The smallest absolute Gasteiger partial charge is 0.184 e. The number of nitrogens with two attached hydrogens (primary N) is 1. The lowest BCUT2D eigenvalue weighted by Crippen LogP contribution is -2.18. The van der Waals surface area contributed by atoms with Crippen molar-refractivity contribution in [2.24, 2.45) is 0 Å². The average molecular weight is 311 g/mol. The van der Waals surface area contributed by atoms with Crippen molar-refractivity contribution in [2.75, 3.05) is 23.4 Å². The molecular weight excluding hydrogens is 294 g/mol. The van der Waals surface area contributed by atoms with E-state index in [9.17, 15) is 8.42 Å². The van der Waals surface area contributed by atoms with E-state index in [-0.39, 0.29) is 16.5 Å². The molecule has 1 aromatic heterocycles. The van der Waals surface area contributed by atoms with Crippen molar-refractivity contribution < 1.29 is 8.42 Å². The molecular formula is C13H17N3O2S2. The number of anilines is 2. The Labute approximate surface area is 123 Å². The van der Waals surface area contributed by atoms with Crippen LogP contribution in [0, 0.1) is 0 Å². The Bertz CT molecular complexity index is 681. The first-order valence-corrected chi connectivity index (χ1v) is 8.61. The van der Waals surface area contributed by atoms with Crippen LogP contribution in [0.1, 0.15) is 12.5 Å². The van der Waals surface area contributed by atoms with Gasteiger partial charge in [-0.1, -0.05) is 37.3 Å². The van der Waals surface area contributed by atoms with E-state index < -0.39 is 9.84 Å². The molecule has 1 heterocycles. The van der Waals surface area contributed by atoms with Crippen LogP contribution in [0.2, 0.25) is 0 Å². The van der Waals surface area contributed by atoms with Crippen LogP contribution in [-0.4, -0.2) is 25.6 Å². The Morgan fingerprint density at radius 1 is 1.30 bits per heavy atom. The summed E-state index contributed by atoms with van der Waals surface area (Å²) in [6.45, 7) is 2.21. The minimum Gasteiger partial charge on any atom is -0.382 e. The van der Waals surface area contributed by atoms with E-state index >= 15 is 0 Å². The number of rotatable bonds is 5. The zero-order valence-corrected chi connectivity index (χ0v) is 13.0. The fourth-order valence-electron chi connectivity index (χ4n) is 1.89. The van der Waals surface area contributed by atoms with E-state index in [2.05, 4.69) is 4.37 Å². The van der Waals surface area contributed by atoms with Gasteiger partial charge in [0.15, 0.2) is 15.7 Å². The normalized spacial score (nSPS) is 11.5. The number of benzene rings is 1. The molecule has 7 heteroatoms. The second-order valence-corrected chi connectivity index (χ2v) is 7.41. The topological polar surface area (TPSA) is 76.3 Å². The molecule has 2 rings (SSSR count). The molecule has 0 bridgehead atoms. The van der Waals surface area contributed by atoms with Crippen LogP contribution in [-0.2, 0) is 16.4 Å². The molecule has 0 aliphatic rings. The molecule has 108 valence electrons. The summed E-state index contributed by atoms with van der Waals surface area (Å²) in [5, 5.41) is 0.591. The third-order valence-electron chi connectivity index (χ3n) is 2.96. The maximum atomic E-state index is 12.1. The predicted molar refractivity (Wildman–Crippen MR) is 82.8 cm³/mol. The molecule has 0 saturated carbocycles. The van der Waals surface area contributed by atoms with Crippen LogP contribution in [0.4, 0.5) is 10.8 Å². The van der Waals surface area contributed by atoms with Crippen molar-refractivity contribution in [3.63, 3.8) is 0 Å². The van der Waals surface area contributed by atoms with Gasteiger partial charge in [0.25, 0.3) is 0 Å². The van der Waals surface area contributed by atoms with E-state index in [1.165, 1.54) is 0 Å². The van der Waals surface area contributed by atoms with Crippen molar-refractivity contribution in [3.8, 4) is 0 Å².